The molecule has 0 unspecified atom stereocenters. The van der Waals surface area contributed by atoms with Crippen LogP contribution in [0.25, 0.3) is 22.6 Å². The average molecular weight is 565 g/mol. The zero-order chi connectivity index (χ0) is 29.6. The fourth-order valence-electron chi connectivity index (χ4n) is 4.62. The number of rotatable bonds is 9. The number of aliphatic hydroxyl groups excluding tert-OH is 1. The molecule has 0 atom stereocenters. The van der Waals surface area contributed by atoms with Crippen LogP contribution >= 0.6 is 0 Å². The molecule has 2 aliphatic carbocycles. The van der Waals surface area contributed by atoms with Crippen molar-refractivity contribution in [1.29, 1.82) is 0 Å². The molecule has 4 N–H and O–H groups in total. The number of aliphatic hydroxyl groups is 1. The van der Waals surface area contributed by atoms with Crippen molar-refractivity contribution in [2.45, 2.75) is 52.5 Å². The van der Waals surface area contributed by atoms with E-state index in [1.807, 2.05) is 0 Å². The number of carbonyl (C=O) groups excluding carboxylic acids is 2. The van der Waals surface area contributed by atoms with Gasteiger partial charge in [0.15, 0.2) is 5.82 Å². The molecule has 2 fully saturated rings. The third-order valence-electron chi connectivity index (χ3n) is 6.90. The Kier molecular flexibility index (Phi) is 9.49. The van der Waals surface area contributed by atoms with Crippen LogP contribution in [-0.2, 0) is 4.79 Å². The Labute approximate surface area is 239 Å². The van der Waals surface area contributed by atoms with E-state index in [9.17, 15) is 19.1 Å². The lowest BCUT2D eigenvalue weighted by atomic mass is 9.68. The van der Waals surface area contributed by atoms with Gasteiger partial charge in [0.2, 0.25) is 5.88 Å². The monoisotopic (exact) mass is 564 g/mol. The smallest absolute Gasteiger partial charge is 0.319 e. The van der Waals surface area contributed by atoms with Gasteiger partial charge in [0.25, 0.3) is 0 Å². The summed E-state index contributed by atoms with van der Waals surface area (Å²) in [6.45, 7) is 5.94. The van der Waals surface area contributed by atoms with Crippen molar-refractivity contribution in [1.82, 2.24) is 20.3 Å². The van der Waals surface area contributed by atoms with Gasteiger partial charge in [-0.15, -0.1) is 0 Å². The number of nitrogens with zero attached hydrogens (tertiary/aromatic N) is 3. The Hall–Kier alpha value is -4.12. The minimum Gasteiger partial charge on any atom is -0.475 e. The number of hydrogen-bond acceptors (Lipinski definition) is 8. The number of anilines is 2. The van der Waals surface area contributed by atoms with E-state index in [4.69, 9.17) is 9.72 Å². The number of halogens is 1. The van der Waals surface area contributed by atoms with Gasteiger partial charge >= 0.3 is 6.03 Å². The predicted octanol–water partition coefficient (Wildman–Crippen LogP) is 4.97. The molecule has 3 aromatic rings. The minimum atomic E-state index is -0.542. The lowest BCUT2D eigenvalue weighted by Gasteiger charge is -2.42. The molecule has 0 saturated heterocycles. The number of nitrogens with one attached hydrogen (secondary N) is 3. The molecular weight excluding hydrogens is 527 g/mol. The van der Waals surface area contributed by atoms with E-state index in [2.05, 4.69) is 39.8 Å². The summed E-state index contributed by atoms with van der Waals surface area (Å²) in [5, 5.41) is 17.7. The number of pyridine rings is 1. The molecule has 0 aliphatic heterocycles. The molecule has 218 valence electrons. The van der Waals surface area contributed by atoms with Gasteiger partial charge in [-0.25, -0.2) is 19.2 Å². The standard InChI is InChI=1S/C26H31FN6O3.C4H6O/c1-15-9-19(27)21(32-25(35)30-17-13-26(2,3)14-17)11-18(15)20-12-23(36-8-7-34)33-24(31-20)16-5-6-29-22(10-16)28-4;5-3-4-1-2-4/h5-6,9-12,17,34H,7-8,13-14H2,1-4H3,(H,28,29)(H2,30,32,35);3-4H,1-2H2. The zero-order valence-electron chi connectivity index (χ0n) is 23.8. The summed E-state index contributed by atoms with van der Waals surface area (Å²) in [5.74, 6) is 1.19. The molecule has 0 bridgehead atoms. The van der Waals surface area contributed by atoms with Crippen LogP contribution in [0.5, 0.6) is 5.88 Å². The number of aryl methyl sites for hydroxylation is 1. The van der Waals surface area contributed by atoms with Crippen molar-refractivity contribution in [2.24, 2.45) is 11.3 Å². The largest absolute Gasteiger partial charge is 0.475 e. The molecule has 5 rings (SSSR count). The van der Waals surface area contributed by atoms with E-state index in [0.29, 0.717) is 39.9 Å². The lowest BCUT2D eigenvalue weighted by Crippen LogP contribution is -2.49. The van der Waals surface area contributed by atoms with Gasteiger partial charge in [0, 0.05) is 42.4 Å². The van der Waals surface area contributed by atoms with E-state index < -0.39 is 11.8 Å². The third kappa shape index (κ3) is 8.20. The summed E-state index contributed by atoms with van der Waals surface area (Å²) in [6.07, 6.45) is 6.71. The first kappa shape index (κ1) is 29.9. The molecule has 2 aliphatic rings. The molecule has 41 heavy (non-hydrogen) atoms. The number of amides is 2. The van der Waals surface area contributed by atoms with Crippen LogP contribution < -0.4 is 20.7 Å². The minimum absolute atomic E-state index is 0.0473. The van der Waals surface area contributed by atoms with Crippen LogP contribution in [0.4, 0.5) is 20.7 Å². The summed E-state index contributed by atoms with van der Waals surface area (Å²) >= 11 is 0. The maximum Gasteiger partial charge on any atom is 0.319 e. The second kappa shape index (κ2) is 13.0. The highest BCUT2D eigenvalue weighted by Crippen LogP contribution is 2.40. The number of aldehydes is 1. The SMILES string of the molecule is CNc1cc(-c2nc(OCCO)cc(-c3cc(NC(=O)NC4CC(C)(C)C4)c(F)cc3C)n2)ccn1.O=CC1CC1. The summed E-state index contributed by atoms with van der Waals surface area (Å²) < 4.78 is 20.4. The van der Waals surface area contributed by atoms with Crippen LogP contribution in [-0.4, -0.2) is 58.7 Å². The highest BCUT2D eigenvalue weighted by atomic mass is 19.1. The van der Waals surface area contributed by atoms with Crippen molar-refractivity contribution >= 4 is 23.8 Å². The predicted molar refractivity (Wildman–Crippen MR) is 155 cm³/mol. The van der Waals surface area contributed by atoms with Gasteiger partial charge in [0.05, 0.1) is 18.0 Å². The maximum atomic E-state index is 14.8. The van der Waals surface area contributed by atoms with Gasteiger partial charge in [-0.1, -0.05) is 13.8 Å². The Morgan fingerprint density at radius 2 is 1.95 bits per heavy atom. The number of aromatic nitrogens is 3. The van der Waals surface area contributed by atoms with Crippen LogP contribution in [0.2, 0.25) is 0 Å². The van der Waals surface area contributed by atoms with Crippen molar-refractivity contribution in [3.05, 3.63) is 47.9 Å². The van der Waals surface area contributed by atoms with Crippen LogP contribution in [0, 0.1) is 24.1 Å². The van der Waals surface area contributed by atoms with E-state index in [-0.39, 0.29) is 36.2 Å². The van der Waals surface area contributed by atoms with E-state index in [1.54, 1.807) is 44.4 Å². The molecule has 0 spiro atoms. The van der Waals surface area contributed by atoms with Crippen molar-refractivity contribution in [3.63, 3.8) is 0 Å². The topological polar surface area (TPSA) is 138 Å². The summed E-state index contributed by atoms with van der Waals surface area (Å²) in [7, 11) is 1.76. The van der Waals surface area contributed by atoms with E-state index >= 15 is 0 Å². The third-order valence-corrected chi connectivity index (χ3v) is 6.90. The zero-order valence-corrected chi connectivity index (χ0v) is 23.8. The average Bonchev–Trinajstić information content (AvgIpc) is 3.77. The fourth-order valence-corrected chi connectivity index (χ4v) is 4.62. The first-order valence-electron chi connectivity index (χ1n) is 13.7. The molecule has 2 heterocycles. The first-order valence-corrected chi connectivity index (χ1v) is 13.7. The van der Waals surface area contributed by atoms with Crippen molar-refractivity contribution in [3.8, 4) is 28.5 Å². The quantitative estimate of drug-likeness (QED) is 0.267. The second-order valence-electron chi connectivity index (χ2n) is 11.2. The molecule has 2 saturated carbocycles. The highest BCUT2D eigenvalue weighted by Gasteiger charge is 2.36. The lowest BCUT2D eigenvalue weighted by molar-refractivity contribution is -0.108. The molecular formula is C30H37FN6O4. The summed E-state index contributed by atoms with van der Waals surface area (Å²) in [6, 6.07) is 7.74. The maximum absolute atomic E-state index is 14.8. The van der Waals surface area contributed by atoms with E-state index in [0.717, 1.165) is 32.0 Å². The highest BCUT2D eigenvalue weighted by molar-refractivity contribution is 5.91. The number of urea groups is 1. The Morgan fingerprint density at radius 3 is 2.56 bits per heavy atom. The number of benzene rings is 1. The number of hydrogen-bond donors (Lipinski definition) is 4. The summed E-state index contributed by atoms with van der Waals surface area (Å²) in [4.78, 5) is 35.5. The normalized spacial score (nSPS) is 15.6. The first-order chi connectivity index (χ1) is 19.6. The van der Waals surface area contributed by atoms with Gasteiger partial charge in [-0.05, 0) is 67.9 Å². The molecule has 0 radical (unpaired) electrons. The fraction of sp³-hybridized carbons (Fsp3) is 0.433. The Morgan fingerprint density at radius 1 is 1.20 bits per heavy atom. The molecule has 2 aromatic heterocycles. The Bertz CT molecular complexity index is 1390. The van der Waals surface area contributed by atoms with Crippen LogP contribution in [0.15, 0.2) is 36.5 Å². The van der Waals surface area contributed by atoms with Gasteiger partial charge in [-0.2, -0.15) is 4.98 Å². The summed E-state index contributed by atoms with van der Waals surface area (Å²) in [5.41, 5.74) is 2.68. The number of ether oxygens (including phenoxy) is 1. The second-order valence-corrected chi connectivity index (χ2v) is 11.2. The van der Waals surface area contributed by atoms with Crippen LogP contribution in [0.3, 0.4) is 0 Å². The molecule has 10 nitrogen and oxygen atoms in total. The van der Waals surface area contributed by atoms with Gasteiger partial charge in [-0.3, -0.25) is 0 Å². The van der Waals surface area contributed by atoms with E-state index in [1.165, 1.54) is 6.07 Å². The van der Waals surface area contributed by atoms with Gasteiger partial charge < -0.3 is 30.6 Å². The Balaban J connectivity index is 0.000000699. The van der Waals surface area contributed by atoms with Crippen molar-refractivity contribution in [2.75, 3.05) is 30.9 Å². The number of carbonyl (C=O) groups is 2. The molecule has 11 heteroatoms. The molecule has 1 aromatic carbocycles. The molecule has 2 amide bonds. The van der Waals surface area contributed by atoms with Crippen LogP contribution in [0.1, 0.15) is 45.1 Å². The van der Waals surface area contributed by atoms with Crippen molar-refractivity contribution < 1.29 is 23.8 Å². The van der Waals surface area contributed by atoms with Gasteiger partial charge in [0.1, 0.15) is 24.5 Å².